The molecule has 1 aromatic heterocycles. The van der Waals surface area contributed by atoms with E-state index in [0.717, 1.165) is 20.6 Å². The monoisotopic (exact) mass is 491 g/mol. The summed E-state index contributed by atoms with van der Waals surface area (Å²) in [6.45, 7) is 3.95. The lowest BCUT2D eigenvalue weighted by atomic mass is 10.1. The fourth-order valence-electron chi connectivity index (χ4n) is 2.80. The second-order valence-electron chi connectivity index (χ2n) is 6.10. The van der Waals surface area contributed by atoms with Crippen molar-refractivity contribution in [1.82, 2.24) is 4.98 Å². The van der Waals surface area contributed by atoms with Crippen molar-refractivity contribution in [2.45, 2.75) is 13.8 Å². The van der Waals surface area contributed by atoms with Crippen LogP contribution in [0.1, 0.15) is 22.2 Å². The van der Waals surface area contributed by atoms with E-state index in [0.29, 0.717) is 11.7 Å². The van der Waals surface area contributed by atoms with Gasteiger partial charge in [-0.3, -0.25) is 20.2 Å². The van der Waals surface area contributed by atoms with Gasteiger partial charge in [0.25, 0.3) is 11.6 Å². The van der Waals surface area contributed by atoms with Gasteiger partial charge in [0.1, 0.15) is 5.56 Å². The Bertz CT molecular complexity index is 1100. The highest BCUT2D eigenvalue weighted by molar-refractivity contribution is 9.10. The normalized spacial score (nSPS) is 10.5. The highest BCUT2D eigenvalue weighted by atomic mass is 79.9. The fourth-order valence-corrected chi connectivity index (χ4v) is 3.90. The van der Waals surface area contributed by atoms with Crippen LogP contribution in [0.2, 0.25) is 0 Å². The summed E-state index contributed by atoms with van der Waals surface area (Å²) in [5.74, 6) is -0.219. The average molecular weight is 492 g/mol. The van der Waals surface area contributed by atoms with E-state index in [1.165, 1.54) is 30.6 Å². The number of benzene rings is 2. The van der Waals surface area contributed by atoms with Crippen LogP contribution in [-0.2, 0) is 0 Å². The molecule has 0 fully saturated rings. The zero-order chi connectivity index (χ0) is 21.8. The van der Waals surface area contributed by atoms with E-state index in [4.69, 9.17) is 9.47 Å². The maximum absolute atomic E-state index is 12.8. The standard InChI is InChI=1S/C20H18BrN3O5S/c1-4-29-17-10-15(24(26)27)14(9-16(17)28-3)19(25)23-20-22-18(11(2)30-20)12-5-7-13(21)8-6-12/h5-10H,4H2,1-3H3,(H,22,23,25). The number of nitrogens with one attached hydrogen (secondary N) is 1. The Balaban J connectivity index is 1.93. The number of rotatable bonds is 7. The summed E-state index contributed by atoms with van der Waals surface area (Å²) in [5.41, 5.74) is 1.12. The Morgan fingerprint density at radius 2 is 1.97 bits per heavy atom. The molecule has 0 spiro atoms. The number of halogens is 1. The SMILES string of the molecule is CCOc1cc([N+](=O)[O-])c(C(=O)Nc2nc(-c3ccc(Br)cc3)c(C)s2)cc1OC. The van der Waals surface area contributed by atoms with Gasteiger partial charge in [0.15, 0.2) is 16.6 Å². The molecule has 10 heteroatoms. The van der Waals surface area contributed by atoms with Crippen molar-refractivity contribution in [1.29, 1.82) is 0 Å². The van der Waals surface area contributed by atoms with E-state index in [2.05, 4.69) is 26.2 Å². The summed E-state index contributed by atoms with van der Waals surface area (Å²) < 4.78 is 11.5. The molecule has 2 aromatic carbocycles. The summed E-state index contributed by atoms with van der Waals surface area (Å²) in [7, 11) is 1.40. The van der Waals surface area contributed by atoms with Gasteiger partial charge in [0.2, 0.25) is 0 Å². The molecule has 0 bridgehead atoms. The van der Waals surface area contributed by atoms with Crippen molar-refractivity contribution < 1.29 is 19.2 Å². The third kappa shape index (κ3) is 4.60. The number of nitrogens with zero attached hydrogens (tertiary/aromatic N) is 2. The summed E-state index contributed by atoms with van der Waals surface area (Å²) in [6, 6.07) is 10.1. The number of hydrogen-bond donors (Lipinski definition) is 1. The molecule has 0 unspecified atom stereocenters. The zero-order valence-electron chi connectivity index (χ0n) is 16.4. The van der Waals surface area contributed by atoms with Gasteiger partial charge < -0.3 is 9.47 Å². The van der Waals surface area contributed by atoms with Crippen LogP contribution in [0.4, 0.5) is 10.8 Å². The molecule has 0 aliphatic rings. The number of ether oxygens (including phenoxy) is 2. The van der Waals surface area contributed by atoms with E-state index >= 15 is 0 Å². The third-order valence-corrected chi connectivity index (χ3v) is 5.57. The number of methoxy groups -OCH3 is 1. The Morgan fingerprint density at radius 3 is 2.57 bits per heavy atom. The summed E-state index contributed by atoms with van der Waals surface area (Å²) in [6.07, 6.45) is 0. The van der Waals surface area contributed by atoms with Gasteiger partial charge in [-0.2, -0.15) is 0 Å². The van der Waals surface area contributed by atoms with Crippen molar-refractivity contribution in [2.75, 3.05) is 19.0 Å². The number of aromatic nitrogens is 1. The number of nitro benzene ring substituents is 1. The molecule has 3 aromatic rings. The number of carbonyl (C=O) groups excluding carboxylic acids is 1. The summed E-state index contributed by atoms with van der Waals surface area (Å²) in [5, 5.41) is 14.5. The van der Waals surface area contributed by atoms with E-state index in [1.807, 2.05) is 31.2 Å². The van der Waals surface area contributed by atoms with Crippen LogP contribution < -0.4 is 14.8 Å². The van der Waals surface area contributed by atoms with Gasteiger partial charge in [-0.25, -0.2) is 4.98 Å². The number of thiazole rings is 1. The average Bonchev–Trinajstić information content (AvgIpc) is 3.08. The van der Waals surface area contributed by atoms with Crippen LogP contribution in [0, 0.1) is 17.0 Å². The van der Waals surface area contributed by atoms with Gasteiger partial charge in [0, 0.05) is 21.0 Å². The minimum atomic E-state index is -0.654. The van der Waals surface area contributed by atoms with Crippen LogP contribution in [0.5, 0.6) is 11.5 Å². The molecule has 0 saturated heterocycles. The minimum Gasteiger partial charge on any atom is -0.493 e. The fraction of sp³-hybridized carbons (Fsp3) is 0.200. The number of anilines is 1. The Hall–Kier alpha value is -2.98. The van der Waals surface area contributed by atoms with Gasteiger partial charge in [-0.1, -0.05) is 28.1 Å². The lowest BCUT2D eigenvalue weighted by molar-refractivity contribution is -0.385. The molecule has 156 valence electrons. The van der Waals surface area contributed by atoms with E-state index < -0.39 is 10.8 Å². The van der Waals surface area contributed by atoms with E-state index in [9.17, 15) is 14.9 Å². The van der Waals surface area contributed by atoms with Gasteiger partial charge in [0.05, 0.1) is 30.4 Å². The van der Waals surface area contributed by atoms with Gasteiger partial charge in [-0.05, 0) is 26.0 Å². The number of amides is 1. The lowest BCUT2D eigenvalue weighted by Crippen LogP contribution is -2.14. The first-order valence-corrected chi connectivity index (χ1v) is 10.5. The molecule has 3 rings (SSSR count). The van der Waals surface area contributed by atoms with Crippen molar-refractivity contribution in [2.24, 2.45) is 0 Å². The second-order valence-corrected chi connectivity index (χ2v) is 8.21. The number of hydrogen-bond acceptors (Lipinski definition) is 7. The molecule has 0 aliphatic carbocycles. The Kier molecular flexibility index (Phi) is 6.68. The topological polar surface area (TPSA) is 104 Å². The van der Waals surface area contributed by atoms with Crippen LogP contribution in [0.3, 0.4) is 0 Å². The molecular formula is C20H18BrN3O5S. The quantitative estimate of drug-likeness (QED) is 0.348. The molecule has 0 radical (unpaired) electrons. The van der Waals surface area contributed by atoms with Crippen molar-refractivity contribution in [3.05, 3.63) is 61.4 Å². The van der Waals surface area contributed by atoms with Crippen LogP contribution >= 0.6 is 27.3 Å². The van der Waals surface area contributed by atoms with Crippen LogP contribution in [-0.4, -0.2) is 29.5 Å². The predicted octanol–water partition coefficient (Wildman–Crippen LogP) is 5.45. The summed E-state index contributed by atoms with van der Waals surface area (Å²) in [4.78, 5) is 29.1. The Morgan fingerprint density at radius 1 is 1.27 bits per heavy atom. The predicted molar refractivity (Wildman–Crippen MR) is 119 cm³/mol. The highest BCUT2D eigenvalue weighted by Gasteiger charge is 2.25. The molecule has 1 N–H and O–H groups in total. The number of carbonyl (C=O) groups is 1. The highest BCUT2D eigenvalue weighted by Crippen LogP contribution is 2.36. The first kappa shape index (κ1) is 21.7. The molecule has 8 nitrogen and oxygen atoms in total. The smallest absolute Gasteiger partial charge is 0.286 e. The second kappa shape index (κ2) is 9.23. The first-order valence-electron chi connectivity index (χ1n) is 8.88. The molecular weight excluding hydrogens is 474 g/mol. The molecule has 0 aliphatic heterocycles. The zero-order valence-corrected chi connectivity index (χ0v) is 18.8. The first-order chi connectivity index (χ1) is 14.3. The van der Waals surface area contributed by atoms with Crippen LogP contribution in [0.15, 0.2) is 40.9 Å². The molecule has 1 amide bonds. The Labute approximate surface area is 185 Å². The lowest BCUT2D eigenvalue weighted by Gasteiger charge is -2.11. The maximum atomic E-state index is 12.8. The molecule has 30 heavy (non-hydrogen) atoms. The van der Waals surface area contributed by atoms with E-state index in [1.54, 1.807) is 6.92 Å². The van der Waals surface area contributed by atoms with Gasteiger partial charge >= 0.3 is 0 Å². The van der Waals surface area contributed by atoms with E-state index in [-0.39, 0.29) is 22.7 Å². The molecule has 0 atom stereocenters. The van der Waals surface area contributed by atoms with Crippen LogP contribution in [0.25, 0.3) is 11.3 Å². The molecule has 0 saturated carbocycles. The number of aryl methyl sites for hydroxylation is 1. The minimum absolute atomic E-state index is 0.140. The maximum Gasteiger partial charge on any atom is 0.286 e. The molecule has 1 heterocycles. The van der Waals surface area contributed by atoms with Gasteiger partial charge in [-0.15, -0.1) is 11.3 Å². The van der Waals surface area contributed by atoms with Crippen molar-refractivity contribution in [3.63, 3.8) is 0 Å². The largest absolute Gasteiger partial charge is 0.493 e. The van der Waals surface area contributed by atoms with Crippen molar-refractivity contribution >= 4 is 44.0 Å². The van der Waals surface area contributed by atoms with Crippen molar-refractivity contribution in [3.8, 4) is 22.8 Å². The number of nitro groups is 1. The summed E-state index contributed by atoms with van der Waals surface area (Å²) >= 11 is 4.69. The third-order valence-electron chi connectivity index (χ3n) is 4.16.